The molecular formula is C23H24N4O3. The molecule has 3 heterocycles. The number of furan rings is 1. The third-order valence-corrected chi connectivity index (χ3v) is 5.31. The van der Waals surface area contributed by atoms with Gasteiger partial charge in [0.05, 0.1) is 6.20 Å². The van der Waals surface area contributed by atoms with Crippen LogP contribution in [0.4, 0.5) is 0 Å². The number of aryl methyl sites for hydroxylation is 1. The van der Waals surface area contributed by atoms with E-state index in [1.807, 2.05) is 48.2 Å². The Labute approximate surface area is 175 Å². The normalized spacial score (nSPS) is 16.3. The number of benzene rings is 1. The molecule has 1 fully saturated rings. The van der Waals surface area contributed by atoms with Crippen LogP contribution in [0.5, 0.6) is 0 Å². The highest BCUT2D eigenvalue weighted by Gasteiger charge is 2.25. The van der Waals surface area contributed by atoms with E-state index < -0.39 is 0 Å². The number of hydrogen-bond acceptors (Lipinski definition) is 5. The second-order valence-corrected chi connectivity index (χ2v) is 7.55. The molecule has 1 unspecified atom stereocenters. The summed E-state index contributed by atoms with van der Waals surface area (Å²) in [5.41, 5.74) is 1.90. The van der Waals surface area contributed by atoms with E-state index in [0.29, 0.717) is 24.3 Å². The average Bonchev–Trinajstić information content (AvgIpc) is 3.24. The first-order valence-corrected chi connectivity index (χ1v) is 10.1. The fourth-order valence-electron chi connectivity index (χ4n) is 3.71. The summed E-state index contributed by atoms with van der Waals surface area (Å²) in [6.07, 6.45) is 6.36. The Hall–Kier alpha value is -3.48. The van der Waals surface area contributed by atoms with Crippen molar-refractivity contribution in [2.24, 2.45) is 5.92 Å². The van der Waals surface area contributed by atoms with Gasteiger partial charge in [0.15, 0.2) is 0 Å². The maximum Gasteiger partial charge on any atom is 0.271 e. The van der Waals surface area contributed by atoms with Gasteiger partial charge in [-0.15, -0.1) is 0 Å². The zero-order valence-corrected chi connectivity index (χ0v) is 16.9. The van der Waals surface area contributed by atoms with E-state index in [-0.39, 0.29) is 17.7 Å². The number of carbonyl (C=O) groups excluding carboxylic acids is 2. The van der Waals surface area contributed by atoms with Crippen LogP contribution in [0.1, 0.15) is 39.4 Å². The first kappa shape index (κ1) is 19.8. The van der Waals surface area contributed by atoms with Crippen molar-refractivity contribution in [3.05, 3.63) is 72.0 Å². The van der Waals surface area contributed by atoms with Crippen molar-refractivity contribution >= 4 is 11.8 Å². The van der Waals surface area contributed by atoms with Gasteiger partial charge in [-0.1, -0.05) is 12.1 Å². The van der Waals surface area contributed by atoms with Crippen LogP contribution in [0.3, 0.4) is 0 Å². The quantitative estimate of drug-likeness (QED) is 0.705. The number of aromatic nitrogens is 2. The lowest BCUT2D eigenvalue weighted by atomic mass is 9.97. The smallest absolute Gasteiger partial charge is 0.271 e. The first-order chi connectivity index (χ1) is 14.6. The molecule has 0 radical (unpaired) electrons. The lowest BCUT2D eigenvalue weighted by Crippen LogP contribution is -2.43. The Bertz CT molecular complexity index is 1010. The molecule has 1 aliphatic rings. The van der Waals surface area contributed by atoms with E-state index in [2.05, 4.69) is 15.3 Å². The molecule has 1 N–H and O–H groups in total. The van der Waals surface area contributed by atoms with Crippen LogP contribution in [0.2, 0.25) is 0 Å². The number of hydrogen-bond donors (Lipinski definition) is 1. The third kappa shape index (κ3) is 4.56. The third-order valence-electron chi connectivity index (χ3n) is 5.31. The molecule has 7 nitrogen and oxygen atoms in total. The Morgan fingerprint density at radius 3 is 2.70 bits per heavy atom. The molecule has 0 bridgehead atoms. The van der Waals surface area contributed by atoms with Crippen molar-refractivity contribution in [3.8, 4) is 11.3 Å². The monoisotopic (exact) mass is 404 g/mol. The lowest BCUT2D eigenvalue weighted by molar-refractivity contribution is 0.0670. The fraction of sp³-hybridized carbons (Fsp3) is 0.304. The number of nitrogens with zero attached hydrogens (tertiary/aromatic N) is 3. The zero-order valence-electron chi connectivity index (χ0n) is 16.9. The summed E-state index contributed by atoms with van der Waals surface area (Å²) in [6.45, 7) is 3.77. The fourth-order valence-corrected chi connectivity index (χ4v) is 3.71. The topological polar surface area (TPSA) is 88.3 Å². The molecule has 1 aromatic carbocycles. The number of likely N-dealkylation sites (tertiary alicyclic amines) is 1. The predicted molar refractivity (Wildman–Crippen MR) is 112 cm³/mol. The Morgan fingerprint density at radius 1 is 1.17 bits per heavy atom. The molecule has 0 saturated carbocycles. The minimum Gasteiger partial charge on any atom is -0.461 e. The molecule has 4 rings (SSSR count). The molecule has 1 atom stereocenters. The second-order valence-electron chi connectivity index (χ2n) is 7.55. The van der Waals surface area contributed by atoms with Gasteiger partial charge in [0.1, 0.15) is 17.2 Å². The molecule has 0 spiro atoms. The highest BCUT2D eigenvalue weighted by atomic mass is 16.3. The van der Waals surface area contributed by atoms with Crippen molar-refractivity contribution in [2.45, 2.75) is 19.8 Å². The van der Waals surface area contributed by atoms with Crippen molar-refractivity contribution in [1.29, 1.82) is 0 Å². The van der Waals surface area contributed by atoms with Crippen LogP contribution in [-0.2, 0) is 0 Å². The molecular weight excluding hydrogens is 380 g/mol. The number of rotatable bonds is 5. The largest absolute Gasteiger partial charge is 0.461 e. The van der Waals surface area contributed by atoms with Crippen LogP contribution in [0.25, 0.3) is 11.3 Å². The van der Waals surface area contributed by atoms with E-state index in [9.17, 15) is 9.59 Å². The molecule has 2 aromatic heterocycles. The molecule has 1 aliphatic heterocycles. The minimum absolute atomic E-state index is 0.0159. The van der Waals surface area contributed by atoms with E-state index >= 15 is 0 Å². The molecule has 7 heteroatoms. The molecule has 30 heavy (non-hydrogen) atoms. The van der Waals surface area contributed by atoms with Gasteiger partial charge in [-0.3, -0.25) is 14.6 Å². The highest BCUT2D eigenvalue weighted by Crippen LogP contribution is 2.23. The van der Waals surface area contributed by atoms with E-state index in [0.717, 1.165) is 36.5 Å². The summed E-state index contributed by atoms with van der Waals surface area (Å²) >= 11 is 0. The zero-order chi connectivity index (χ0) is 20.9. The van der Waals surface area contributed by atoms with E-state index in [1.165, 1.54) is 18.6 Å². The summed E-state index contributed by atoms with van der Waals surface area (Å²) in [4.78, 5) is 34.9. The number of carbonyl (C=O) groups is 2. The van der Waals surface area contributed by atoms with Gasteiger partial charge in [0, 0.05) is 43.2 Å². The maximum atomic E-state index is 13.0. The van der Waals surface area contributed by atoms with E-state index in [1.54, 1.807) is 0 Å². The van der Waals surface area contributed by atoms with Gasteiger partial charge < -0.3 is 14.6 Å². The van der Waals surface area contributed by atoms with Crippen LogP contribution in [0.15, 0.2) is 59.4 Å². The summed E-state index contributed by atoms with van der Waals surface area (Å²) in [5, 5.41) is 2.91. The number of amides is 2. The number of nitrogens with one attached hydrogen (secondary N) is 1. The predicted octanol–water partition coefficient (Wildman–Crippen LogP) is 3.33. The summed E-state index contributed by atoms with van der Waals surface area (Å²) in [7, 11) is 0. The van der Waals surface area contributed by atoms with Crippen LogP contribution in [0, 0.1) is 12.8 Å². The molecule has 154 valence electrons. The van der Waals surface area contributed by atoms with E-state index in [4.69, 9.17) is 4.42 Å². The molecule has 0 aliphatic carbocycles. The SMILES string of the molecule is Cc1ccc(-c2ccc(C(=O)N3CCCC(CNC(=O)c4cnccn4)C3)cc2)o1. The standard InChI is InChI=1S/C23H24N4O3/c1-16-4-9-21(30-16)18-5-7-19(8-6-18)23(29)27-12-2-3-17(15-27)13-26-22(28)20-14-24-10-11-25-20/h4-11,14,17H,2-3,12-13,15H2,1H3,(H,26,28). The van der Waals surface area contributed by atoms with Crippen LogP contribution in [-0.4, -0.2) is 46.3 Å². The summed E-state index contributed by atoms with van der Waals surface area (Å²) < 4.78 is 5.64. The summed E-state index contributed by atoms with van der Waals surface area (Å²) in [6, 6.07) is 11.4. The Morgan fingerprint density at radius 2 is 2.00 bits per heavy atom. The van der Waals surface area contributed by atoms with Gasteiger partial charge in [0.25, 0.3) is 11.8 Å². The average molecular weight is 404 g/mol. The minimum atomic E-state index is -0.240. The summed E-state index contributed by atoms with van der Waals surface area (Å²) in [5.74, 6) is 1.64. The van der Waals surface area contributed by atoms with Crippen molar-refractivity contribution in [1.82, 2.24) is 20.2 Å². The molecule has 3 aromatic rings. The van der Waals surface area contributed by atoms with Gasteiger partial charge in [-0.2, -0.15) is 0 Å². The van der Waals surface area contributed by atoms with Crippen LogP contribution < -0.4 is 5.32 Å². The Balaban J connectivity index is 1.34. The second kappa shape index (κ2) is 8.90. The van der Waals surface area contributed by atoms with Gasteiger partial charge in [-0.25, -0.2) is 4.98 Å². The molecule has 2 amide bonds. The first-order valence-electron chi connectivity index (χ1n) is 10.1. The molecule has 1 saturated heterocycles. The van der Waals surface area contributed by atoms with Crippen molar-refractivity contribution < 1.29 is 14.0 Å². The Kier molecular flexibility index (Phi) is 5.88. The van der Waals surface area contributed by atoms with Gasteiger partial charge in [-0.05, 0) is 49.9 Å². The number of piperidine rings is 1. The van der Waals surface area contributed by atoms with Crippen molar-refractivity contribution in [3.63, 3.8) is 0 Å². The van der Waals surface area contributed by atoms with Gasteiger partial charge in [0.2, 0.25) is 0 Å². The lowest BCUT2D eigenvalue weighted by Gasteiger charge is -2.33. The van der Waals surface area contributed by atoms with Crippen LogP contribution >= 0.6 is 0 Å². The van der Waals surface area contributed by atoms with Gasteiger partial charge >= 0.3 is 0 Å². The maximum absolute atomic E-state index is 13.0. The van der Waals surface area contributed by atoms with Crippen molar-refractivity contribution in [2.75, 3.05) is 19.6 Å². The highest BCUT2D eigenvalue weighted by molar-refractivity contribution is 5.94.